The number of carbonyl (C=O) groups is 1. The van der Waals surface area contributed by atoms with Gasteiger partial charge in [-0.1, -0.05) is 36.8 Å². The summed E-state index contributed by atoms with van der Waals surface area (Å²) in [5.41, 5.74) is 2.38. The van der Waals surface area contributed by atoms with Gasteiger partial charge in [0.15, 0.2) is 0 Å². The van der Waals surface area contributed by atoms with E-state index in [2.05, 4.69) is 30.4 Å². The molecule has 0 aliphatic carbocycles. The molecule has 0 bridgehead atoms. The maximum Gasteiger partial charge on any atom is 0.241 e. The minimum Gasteiger partial charge on any atom is -0.385 e. The van der Waals surface area contributed by atoms with Crippen LogP contribution >= 0.6 is 0 Å². The van der Waals surface area contributed by atoms with E-state index < -0.39 is 0 Å². The first-order valence-electron chi connectivity index (χ1n) is 7.29. The molecule has 20 heavy (non-hydrogen) atoms. The SMILES string of the molecule is CCC1NC(c2cccc(C)c2)N(CCCOC)C1=O. The molecule has 1 fully saturated rings. The summed E-state index contributed by atoms with van der Waals surface area (Å²) in [6.07, 6.45) is 1.68. The van der Waals surface area contributed by atoms with Crippen molar-refractivity contribution >= 4 is 5.91 Å². The molecule has 1 aromatic rings. The van der Waals surface area contributed by atoms with E-state index in [0.29, 0.717) is 6.61 Å². The molecule has 2 rings (SSSR count). The Kier molecular flexibility index (Phi) is 5.15. The topological polar surface area (TPSA) is 41.6 Å². The van der Waals surface area contributed by atoms with E-state index in [0.717, 1.165) is 24.9 Å². The normalized spacial score (nSPS) is 22.6. The van der Waals surface area contributed by atoms with Crippen molar-refractivity contribution in [2.45, 2.75) is 38.9 Å². The van der Waals surface area contributed by atoms with Gasteiger partial charge >= 0.3 is 0 Å². The van der Waals surface area contributed by atoms with E-state index in [1.165, 1.54) is 5.56 Å². The maximum atomic E-state index is 12.4. The number of ether oxygens (including phenoxy) is 1. The zero-order valence-corrected chi connectivity index (χ0v) is 12.6. The standard InChI is InChI=1S/C16H24N2O2/c1-4-14-16(19)18(9-6-10-20-3)15(17-14)13-8-5-7-12(2)11-13/h5,7-8,11,14-15,17H,4,6,9-10H2,1-3H3. The largest absolute Gasteiger partial charge is 0.385 e. The minimum absolute atomic E-state index is 0.00999. The molecule has 0 aromatic heterocycles. The Morgan fingerprint density at radius 1 is 1.40 bits per heavy atom. The summed E-state index contributed by atoms with van der Waals surface area (Å²) >= 11 is 0. The summed E-state index contributed by atoms with van der Waals surface area (Å²) in [7, 11) is 1.69. The average molecular weight is 276 g/mol. The predicted molar refractivity (Wildman–Crippen MR) is 79.3 cm³/mol. The summed E-state index contributed by atoms with van der Waals surface area (Å²) in [6, 6.07) is 8.28. The van der Waals surface area contributed by atoms with Gasteiger partial charge in [-0.05, 0) is 25.3 Å². The van der Waals surface area contributed by atoms with Crippen molar-refractivity contribution in [3.05, 3.63) is 35.4 Å². The fourth-order valence-electron chi connectivity index (χ4n) is 2.71. The third-order valence-corrected chi connectivity index (χ3v) is 3.77. The first-order chi connectivity index (χ1) is 9.67. The number of hydrogen-bond donors (Lipinski definition) is 1. The highest BCUT2D eigenvalue weighted by atomic mass is 16.5. The molecule has 1 N–H and O–H groups in total. The molecule has 0 saturated carbocycles. The van der Waals surface area contributed by atoms with Crippen molar-refractivity contribution in [1.29, 1.82) is 0 Å². The van der Waals surface area contributed by atoms with Gasteiger partial charge in [0.2, 0.25) is 5.91 Å². The lowest BCUT2D eigenvalue weighted by Crippen LogP contribution is -2.32. The molecular weight excluding hydrogens is 252 g/mol. The van der Waals surface area contributed by atoms with E-state index in [-0.39, 0.29) is 18.1 Å². The number of amides is 1. The number of methoxy groups -OCH3 is 1. The Bertz CT molecular complexity index is 462. The van der Waals surface area contributed by atoms with Crippen molar-refractivity contribution in [2.24, 2.45) is 0 Å². The summed E-state index contributed by atoms with van der Waals surface area (Å²) in [4.78, 5) is 14.4. The lowest BCUT2D eigenvalue weighted by molar-refractivity contribution is -0.130. The smallest absolute Gasteiger partial charge is 0.241 e. The molecule has 2 unspecified atom stereocenters. The van der Waals surface area contributed by atoms with Crippen LogP contribution in [-0.4, -0.2) is 37.1 Å². The summed E-state index contributed by atoms with van der Waals surface area (Å²) < 4.78 is 5.09. The van der Waals surface area contributed by atoms with Gasteiger partial charge in [0.05, 0.1) is 6.04 Å². The van der Waals surface area contributed by atoms with Gasteiger partial charge in [-0.2, -0.15) is 0 Å². The first-order valence-corrected chi connectivity index (χ1v) is 7.29. The quantitative estimate of drug-likeness (QED) is 0.810. The second-order valence-electron chi connectivity index (χ2n) is 5.32. The third kappa shape index (κ3) is 3.19. The first kappa shape index (κ1) is 15.0. The third-order valence-electron chi connectivity index (χ3n) is 3.77. The fourth-order valence-corrected chi connectivity index (χ4v) is 2.71. The van der Waals surface area contributed by atoms with Gasteiger partial charge in [-0.15, -0.1) is 0 Å². The van der Waals surface area contributed by atoms with Crippen LogP contribution in [0.5, 0.6) is 0 Å². The summed E-state index contributed by atoms with van der Waals surface area (Å²) in [5.74, 6) is 0.204. The Morgan fingerprint density at radius 2 is 2.20 bits per heavy atom. The van der Waals surface area contributed by atoms with Crippen LogP contribution in [0.15, 0.2) is 24.3 Å². The van der Waals surface area contributed by atoms with Gasteiger partial charge in [0.25, 0.3) is 0 Å². The molecule has 4 nitrogen and oxygen atoms in total. The number of rotatable bonds is 6. The predicted octanol–water partition coefficient (Wildman–Crippen LogP) is 2.24. The Hall–Kier alpha value is -1.39. The van der Waals surface area contributed by atoms with Crippen molar-refractivity contribution < 1.29 is 9.53 Å². The van der Waals surface area contributed by atoms with Crippen LogP contribution in [0.4, 0.5) is 0 Å². The molecule has 1 aliphatic rings. The van der Waals surface area contributed by atoms with Crippen molar-refractivity contribution in [1.82, 2.24) is 10.2 Å². The maximum absolute atomic E-state index is 12.4. The molecule has 1 amide bonds. The van der Waals surface area contributed by atoms with Crippen LogP contribution in [0, 0.1) is 6.92 Å². The highest BCUT2D eigenvalue weighted by Crippen LogP contribution is 2.27. The van der Waals surface area contributed by atoms with Crippen LogP contribution in [0.3, 0.4) is 0 Å². The number of nitrogens with zero attached hydrogens (tertiary/aromatic N) is 1. The molecule has 110 valence electrons. The molecule has 1 saturated heterocycles. The van der Waals surface area contributed by atoms with Gasteiger partial charge in [0, 0.05) is 20.3 Å². The molecular formula is C16H24N2O2. The average Bonchev–Trinajstić information content (AvgIpc) is 2.76. The second kappa shape index (κ2) is 6.86. The molecule has 0 radical (unpaired) electrons. The number of carbonyl (C=O) groups excluding carboxylic acids is 1. The number of hydrogen-bond acceptors (Lipinski definition) is 3. The minimum atomic E-state index is -0.0666. The molecule has 0 spiro atoms. The van der Waals surface area contributed by atoms with Gasteiger partial charge in [0.1, 0.15) is 6.17 Å². The van der Waals surface area contributed by atoms with Crippen molar-refractivity contribution in [3.8, 4) is 0 Å². The van der Waals surface area contributed by atoms with Gasteiger partial charge in [-0.25, -0.2) is 0 Å². The van der Waals surface area contributed by atoms with Crippen LogP contribution in [-0.2, 0) is 9.53 Å². The number of nitrogens with one attached hydrogen (secondary N) is 1. The number of aryl methyl sites for hydroxylation is 1. The van der Waals surface area contributed by atoms with Crippen LogP contribution in [0.2, 0.25) is 0 Å². The van der Waals surface area contributed by atoms with E-state index >= 15 is 0 Å². The van der Waals surface area contributed by atoms with Crippen LogP contribution in [0.1, 0.15) is 37.1 Å². The highest BCUT2D eigenvalue weighted by Gasteiger charge is 2.38. The van der Waals surface area contributed by atoms with E-state index in [4.69, 9.17) is 4.74 Å². The van der Waals surface area contributed by atoms with Crippen LogP contribution < -0.4 is 5.32 Å². The van der Waals surface area contributed by atoms with Crippen molar-refractivity contribution in [3.63, 3.8) is 0 Å². The van der Waals surface area contributed by atoms with Crippen molar-refractivity contribution in [2.75, 3.05) is 20.3 Å². The number of benzene rings is 1. The summed E-state index contributed by atoms with van der Waals surface area (Å²) in [6.45, 7) is 5.53. The lowest BCUT2D eigenvalue weighted by atomic mass is 10.1. The van der Waals surface area contributed by atoms with Gasteiger partial charge < -0.3 is 9.64 Å². The lowest BCUT2D eigenvalue weighted by Gasteiger charge is -2.24. The van der Waals surface area contributed by atoms with Gasteiger partial charge in [-0.3, -0.25) is 10.1 Å². The second-order valence-corrected chi connectivity index (χ2v) is 5.32. The molecule has 1 aliphatic heterocycles. The van der Waals surface area contributed by atoms with E-state index in [1.54, 1.807) is 7.11 Å². The monoisotopic (exact) mass is 276 g/mol. The molecule has 1 heterocycles. The Balaban J connectivity index is 2.17. The zero-order valence-electron chi connectivity index (χ0n) is 12.6. The van der Waals surface area contributed by atoms with E-state index in [1.807, 2.05) is 17.9 Å². The Morgan fingerprint density at radius 3 is 2.85 bits per heavy atom. The Labute approximate surface area is 121 Å². The fraction of sp³-hybridized carbons (Fsp3) is 0.562. The zero-order chi connectivity index (χ0) is 14.5. The molecule has 2 atom stereocenters. The summed E-state index contributed by atoms with van der Waals surface area (Å²) in [5, 5.41) is 3.45. The van der Waals surface area contributed by atoms with Crippen LogP contribution in [0.25, 0.3) is 0 Å². The molecule has 4 heteroatoms. The highest BCUT2D eigenvalue weighted by molar-refractivity contribution is 5.84. The van der Waals surface area contributed by atoms with E-state index in [9.17, 15) is 4.79 Å². The molecule has 1 aromatic carbocycles.